The maximum absolute atomic E-state index is 13.7. The number of imidazole rings is 1. The van der Waals surface area contributed by atoms with E-state index in [9.17, 15) is 31.5 Å². The first-order chi connectivity index (χ1) is 20.2. The standard InChI is InChI=1S/C25H23ClF5N7O2.CH2O2/c1-36-18(16-11-38(19-5-24(19,27)28)35-20(16)25(29,30)31)8-33-21(36)22(39)34-14-2-3-15(17(26)4-14)23(40)37-9-12-6-32-7-13(12)10-37;2-1-3/h2-4,8,11-13,19,32H,5-7,9-10H2,1H3,(H,34,39);1H,(H,2,3)/t12-,13+,19?;. The van der Waals surface area contributed by atoms with Crippen LogP contribution in [-0.2, 0) is 18.0 Å². The molecule has 2 amide bonds. The number of likely N-dealkylation sites (tertiary alicyclic amines) is 1. The first-order valence-electron chi connectivity index (χ1n) is 13.0. The van der Waals surface area contributed by atoms with Crippen molar-refractivity contribution >= 4 is 35.6 Å². The number of halogens is 6. The number of fused-ring (bicyclic) bond motifs is 1. The molecule has 1 aliphatic carbocycles. The minimum absolute atomic E-state index is 0.128. The van der Waals surface area contributed by atoms with Crippen LogP contribution in [0.2, 0.25) is 5.02 Å². The number of carboxylic acid groups (broad SMARTS) is 1. The van der Waals surface area contributed by atoms with Crippen molar-refractivity contribution in [3.8, 4) is 11.3 Å². The molecular weight excluding hydrogens is 605 g/mol. The fourth-order valence-corrected chi connectivity index (χ4v) is 5.71. The van der Waals surface area contributed by atoms with Crippen molar-refractivity contribution in [2.45, 2.75) is 24.6 Å². The molecule has 3 N–H and O–H groups in total. The second-order valence-corrected chi connectivity index (χ2v) is 10.9. The van der Waals surface area contributed by atoms with E-state index in [0.29, 0.717) is 35.2 Å². The van der Waals surface area contributed by atoms with Gasteiger partial charge in [0.05, 0.1) is 28.0 Å². The SMILES string of the molecule is Cn1c(-c2cn(C3CC3(F)F)nc2C(F)(F)F)cnc1C(=O)Nc1ccc(C(=O)N2C[C@H]3CNC[C@H]3C2)c(Cl)c1.O=CO. The molecule has 0 bridgehead atoms. The number of nitrogens with zero attached hydrogens (tertiary/aromatic N) is 5. The van der Waals surface area contributed by atoms with E-state index >= 15 is 0 Å². The van der Waals surface area contributed by atoms with Crippen LogP contribution in [0, 0.1) is 11.8 Å². The van der Waals surface area contributed by atoms with E-state index in [-0.39, 0.29) is 34.6 Å². The zero-order valence-corrected chi connectivity index (χ0v) is 23.2. The van der Waals surface area contributed by atoms with Crippen LogP contribution < -0.4 is 10.6 Å². The van der Waals surface area contributed by atoms with Gasteiger partial charge in [-0.15, -0.1) is 0 Å². The summed E-state index contributed by atoms with van der Waals surface area (Å²) in [7, 11) is 1.33. The zero-order chi connectivity index (χ0) is 31.3. The molecule has 3 fully saturated rings. The van der Waals surface area contributed by atoms with E-state index in [1.54, 1.807) is 4.90 Å². The molecule has 3 atom stereocenters. The Morgan fingerprint density at radius 2 is 1.84 bits per heavy atom. The second-order valence-electron chi connectivity index (χ2n) is 10.5. The lowest BCUT2D eigenvalue weighted by Gasteiger charge is -2.18. The average Bonchev–Trinajstić information content (AvgIpc) is 3.47. The normalized spacial score (nSPS) is 22.0. The predicted octanol–water partition coefficient (Wildman–Crippen LogP) is 3.78. The third-order valence-corrected chi connectivity index (χ3v) is 8.03. The number of aromatic nitrogens is 4. The molecule has 0 spiro atoms. The van der Waals surface area contributed by atoms with Crippen molar-refractivity contribution in [3.63, 3.8) is 0 Å². The quantitative estimate of drug-likeness (QED) is 0.289. The van der Waals surface area contributed by atoms with Gasteiger partial charge in [-0.3, -0.25) is 19.1 Å². The number of alkyl halides is 5. The molecule has 4 heterocycles. The summed E-state index contributed by atoms with van der Waals surface area (Å²) >= 11 is 6.38. The number of hydrogen-bond acceptors (Lipinski definition) is 6. The van der Waals surface area contributed by atoms with Crippen molar-refractivity contribution in [1.29, 1.82) is 0 Å². The molecule has 3 aromatic rings. The van der Waals surface area contributed by atoms with Crippen LogP contribution in [0.1, 0.15) is 39.1 Å². The Bertz CT molecular complexity index is 1560. The molecule has 230 valence electrons. The molecule has 3 aliphatic rings. The van der Waals surface area contributed by atoms with Crippen LogP contribution in [0.4, 0.5) is 27.6 Å². The van der Waals surface area contributed by atoms with Crippen molar-refractivity contribution in [3.05, 3.63) is 52.7 Å². The predicted molar refractivity (Wildman–Crippen MR) is 142 cm³/mol. The van der Waals surface area contributed by atoms with Crippen molar-refractivity contribution < 1.29 is 41.4 Å². The molecule has 2 aromatic heterocycles. The highest BCUT2D eigenvalue weighted by Crippen LogP contribution is 2.53. The summed E-state index contributed by atoms with van der Waals surface area (Å²) < 4.78 is 69.8. The molecule has 2 saturated heterocycles. The van der Waals surface area contributed by atoms with Gasteiger partial charge in [0.15, 0.2) is 11.5 Å². The maximum Gasteiger partial charge on any atom is 0.435 e. The highest BCUT2D eigenvalue weighted by molar-refractivity contribution is 6.34. The lowest BCUT2D eigenvalue weighted by atomic mass is 10.0. The van der Waals surface area contributed by atoms with Gasteiger partial charge in [0.1, 0.15) is 6.04 Å². The Kier molecular flexibility index (Phi) is 7.94. The number of rotatable bonds is 5. The molecule has 1 unspecified atom stereocenters. The Hall–Kier alpha value is -4.05. The highest BCUT2D eigenvalue weighted by atomic mass is 35.5. The lowest BCUT2D eigenvalue weighted by molar-refractivity contribution is -0.141. The fourth-order valence-electron chi connectivity index (χ4n) is 5.45. The summed E-state index contributed by atoms with van der Waals surface area (Å²) in [5, 5.41) is 16.3. The summed E-state index contributed by atoms with van der Waals surface area (Å²) in [4.78, 5) is 40.1. The smallest absolute Gasteiger partial charge is 0.435 e. The molecule has 1 saturated carbocycles. The van der Waals surface area contributed by atoms with E-state index < -0.39 is 41.7 Å². The van der Waals surface area contributed by atoms with Gasteiger partial charge < -0.3 is 25.2 Å². The lowest BCUT2D eigenvalue weighted by Crippen LogP contribution is -2.32. The third kappa shape index (κ3) is 5.93. The minimum Gasteiger partial charge on any atom is -0.483 e. The van der Waals surface area contributed by atoms with E-state index in [4.69, 9.17) is 21.5 Å². The molecule has 43 heavy (non-hydrogen) atoms. The van der Waals surface area contributed by atoms with Gasteiger partial charge in [0, 0.05) is 51.5 Å². The van der Waals surface area contributed by atoms with Crippen molar-refractivity contribution in [2.75, 3.05) is 31.5 Å². The van der Waals surface area contributed by atoms with Gasteiger partial charge in [-0.1, -0.05) is 11.6 Å². The van der Waals surface area contributed by atoms with Crippen LogP contribution in [0.15, 0.2) is 30.6 Å². The van der Waals surface area contributed by atoms with Crippen LogP contribution >= 0.6 is 11.6 Å². The number of nitrogens with one attached hydrogen (secondary N) is 2. The summed E-state index contributed by atoms with van der Waals surface area (Å²) in [5.74, 6) is -3.48. The van der Waals surface area contributed by atoms with Crippen LogP contribution in [0.5, 0.6) is 0 Å². The number of carbonyl (C=O) groups is 3. The molecule has 0 radical (unpaired) electrons. The van der Waals surface area contributed by atoms with Gasteiger partial charge >= 0.3 is 6.18 Å². The van der Waals surface area contributed by atoms with Gasteiger partial charge in [-0.2, -0.15) is 18.3 Å². The number of benzene rings is 1. The molecule has 6 rings (SSSR count). The zero-order valence-electron chi connectivity index (χ0n) is 22.4. The summed E-state index contributed by atoms with van der Waals surface area (Å²) in [6.07, 6.45) is -3.58. The van der Waals surface area contributed by atoms with Crippen LogP contribution in [0.3, 0.4) is 0 Å². The Balaban J connectivity index is 0.00000118. The van der Waals surface area contributed by atoms with Gasteiger partial charge in [-0.05, 0) is 30.0 Å². The van der Waals surface area contributed by atoms with E-state index in [1.807, 2.05) is 0 Å². The number of anilines is 1. The largest absolute Gasteiger partial charge is 0.483 e. The summed E-state index contributed by atoms with van der Waals surface area (Å²) in [5.41, 5.74) is -1.41. The number of carbonyl (C=O) groups excluding carboxylic acids is 2. The summed E-state index contributed by atoms with van der Waals surface area (Å²) in [6, 6.07) is 2.96. The minimum atomic E-state index is -4.92. The Morgan fingerprint density at radius 3 is 2.40 bits per heavy atom. The van der Waals surface area contributed by atoms with Crippen LogP contribution in [0.25, 0.3) is 11.3 Å². The van der Waals surface area contributed by atoms with Gasteiger partial charge in [0.25, 0.3) is 24.2 Å². The average molecular weight is 630 g/mol. The first kappa shape index (κ1) is 30.4. The molecular formula is C26H25ClF5N7O4. The highest BCUT2D eigenvalue weighted by Gasteiger charge is 2.59. The van der Waals surface area contributed by atoms with E-state index in [2.05, 4.69) is 20.7 Å². The summed E-state index contributed by atoms with van der Waals surface area (Å²) in [6.45, 7) is 2.78. The van der Waals surface area contributed by atoms with Crippen LogP contribution in [-0.4, -0.2) is 79.7 Å². The molecule has 11 nitrogen and oxygen atoms in total. The Labute approximate surface area is 245 Å². The van der Waals surface area contributed by atoms with E-state index in [0.717, 1.165) is 30.1 Å². The fraction of sp³-hybridized carbons (Fsp3) is 0.423. The molecule has 1 aromatic carbocycles. The van der Waals surface area contributed by atoms with Crippen molar-refractivity contribution in [2.24, 2.45) is 18.9 Å². The molecule has 2 aliphatic heterocycles. The third-order valence-electron chi connectivity index (χ3n) is 7.71. The van der Waals surface area contributed by atoms with E-state index in [1.165, 1.54) is 25.2 Å². The second kappa shape index (κ2) is 11.2. The maximum atomic E-state index is 13.7. The monoisotopic (exact) mass is 629 g/mol. The topological polar surface area (TPSA) is 134 Å². The Morgan fingerprint density at radius 1 is 1.21 bits per heavy atom. The van der Waals surface area contributed by atoms with Crippen molar-refractivity contribution in [1.82, 2.24) is 29.5 Å². The van der Waals surface area contributed by atoms with Gasteiger partial charge in [0.2, 0.25) is 0 Å². The number of hydrogen-bond donors (Lipinski definition) is 3. The first-order valence-corrected chi connectivity index (χ1v) is 13.4. The van der Waals surface area contributed by atoms with Gasteiger partial charge in [-0.25, -0.2) is 13.8 Å². The number of amides is 2. The molecule has 17 heteroatoms.